The normalized spacial score (nSPS) is 15.8. The van der Waals surface area contributed by atoms with E-state index < -0.39 is 47.4 Å². The smallest absolute Gasteiger partial charge is 0.416 e. The molecule has 1 aromatic heterocycles. The van der Waals surface area contributed by atoms with Crippen molar-refractivity contribution in [2.75, 3.05) is 18.6 Å². The maximum atomic E-state index is 14.2. The van der Waals surface area contributed by atoms with Gasteiger partial charge in [-0.15, -0.1) is 0 Å². The molecule has 13 heteroatoms. The molecule has 48 heavy (non-hydrogen) atoms. The van der Waals surface area contributed by atoms with Crippen molar-refractivity contribution in [3.63, 3.8) is 0 Å². The van der Waals surface area contributed by atoms with Gasteiger partial charge >= 0.3 is 12.1 Å². The second-order valence-electron chi connectivity index (χ2n) is 11.1. The van der Waals surface area contributed by atoms with E-state index in [2.05, 4.69) is 27.0 Å². The van der Waals surface area contributed by atoms with Crippen LogP contribution in [0.1, 0.15) is 51.9 Å². The third kappa shape index (κ3) is 6.99. The van der Waals surface area contributed by atoms with Crippen molar-refractivity contribution >= 4 is 29.5 Å². The summed E-state index contributed by atoms with van der Waals surface area (Å²) in [5.41, 5.74) is 1.28. The molecule has 0 radical (unpaired) electrons. The standard InChI is InChI=1S/C35H32F3N5O5/c1-4-42-32-27(20-40-43(32)26-14-6-5-7-15-26)29(23-11-8-10-22(17-23)19-39-28(44)16-21(2)34(47)48-3)30(33(42)46)41-31(45)24-12-9-13-25(18-24)35(36,37)38/h5-15,17-18,20,29-30H,2,4,16,19H2,1,3H3,(H,39,44)(H,41,45)/t29-,30+/m0/s1. The number of hydrogen-bond donors (Lipinski definition) is 2. The largest absolute Gasteiger partial charge is 0.466 e. The summed E-state index contributed by atoms with van der Waals surface area (Å²) in [6, 6.07) is 19.0. The van der Waals surface area contributed by atoms with E-state index in [-0.39, 0.29) is 30.6 Å². The molecule has 0 aliphatic carbocycles. The van der Waals surface area contributed by atoms with Crippen LogP contribution in [0.15, 0.2) is 97.2 Å². The van der Waals surface area contributed by atoms with Crippen LogP contribution in [0.3, 0.4) is 0 Å². The van der Waals surface area contributed by atoms with Crippen LogP contribution >= 0.6 is 0 Å². The molecular formula is C35H32F3N5O5. The first-order valence-corrected chi connectivity index (χ1v) is 15.0. The first-order chi connectivity index (χ1) is 22.9. The second kappa shape index (κ2) is 14.0. The number of benzene rings is 3. The minimum atomic E-state index is -4.66. The summed E-state index contributed by atoms with van der Waals surface area (Å²) in [7, 11) is 1.19. The maximum absolute atomic E-state index is 14.2. The van der Waals surface area contributed by atoms with Gasteiger partial charge in [-0.3, -0.25) is 19.3 Å². The predicted molar refractivity (Wildman–Crippen MR) is 170 cm³/mol. The van der Waals surface area contributed by atoms with Gasteiger partial charge in [0.05, 0.1) is 31.0 Å². The molecule has 2 heterocycles. The van der Waals surface area contributed by atoms with Gasteiger partial charge in [0.2, 0.25) is 5.91 Å². The van der Waals surface area contributed by atoms with Crippen LogP contribution in [-0.2, 0) is 31.8 Å². The van der Waals surface area contributed by atoms with Crippen LogP contribution in [0.5, 0.6) is 0 Å². The van der Waals surface area contributed by atoms with E-state index in [1.54, 1.807) is 42.1 Å². The molecule has 3 amide bonds. The van der Waals surface area contributed by atoms with Gasteiger partial charge in [-0.25, -0.2) is 9.48 Å². The van der Waals surface area contributed by atoms with Crippen molar-refractivity contribution in [1.29, 1.82) is 0 Å². The number of nitrogens with one attached hydrogen (secondary N) is 2. The summed E-state index contributed by atoms with van der Waals surface area (Å²) in [5.74, 6) is -2.80. The van der Waals surface area contributed by atoms with Crippen molar-refractivity contribution in [3.05, 3.63) is 125 Å². The SMILES string of the molecule is C=C(CC(=O)NCc1cccc([C@H]2c3cnn(-c4ccccc4)c3N(CC)C(=O)[C@@H]2NC(=O)c2cccc(C(F)(F)F)c2)c1)C(=O)OC. The number of amides is 3. The minimum Gasteiger partial charge on any atom is -0.466 e. The number of anilines is 1. The second-order valence-corrected chi connectivity index (χ2v) is 11.1. The van der Waals surface area contributed by atoms with Crippen LogP contribution in [0, 0.1) is 0 Å². The van der Waals surface area contributed by atoms with E-state index in [9.17, 15) is 32.3 Å². The van der Waals surface area contributed by atoms with E-state index in [4.69, 9.17) is 0 Å². The summed E-state index contributed by atoms with van der Waals surface area (Å²) in [6.45, 7) is 5.62. The van der Waals surface area contributed by atoms with Gasteiger partial charge in [-0.2, -0.15) is 18.3 Å². The third-order valence-corrected chi connectivity index (χ3v) is 7.93. The molecule has 0 saturated heterocycles. The lowest BCUT2D eigenvalue weighted by molar-refractivity contribution is -0.138. The molecule has 0 saturated carbocycles. The first kappa shape index (κ1) is 33.6. The average molecular weight is 660 g/mol. The Hall–Kier alpha value is -5.72. The Balaban J connectivity index is 1.53. The molecule has 248 valence electrons. The number of carbonyl (C=O) groups excluding carboxylic acids is 4. The molecule has 0 spiro atoms. The molecule has 2 N–H and O–H groups in total. The third-order valence-electron chi connectivity index (χ3n) is 7.93. The molecule has 3 aromatic carbocycles. The molecule has 10 nitrogen and oxygen atoms in total. The zero-order chi connectivity index (χ0) is 34.6. The van der Waals surface area contributed by atoms with E-state index in [0.29, 0.717) is 28.2 Å². The average Bonchev–Trinajstić information content (AvgIpc) is 3.51. The van der Waals surface area contributed by atoms with Crippen LogP contribution in [0.4, 0.5) is 19.0 Å². The van der Waals surface area contributed by atoms with Gasteiger partial charge in [0.15, 0.2) is 0 Å². The Morgan fingerprint density at radius 1 is 1.00 bits per heavy atom. The van der Waals surface area contributed by atoms with E-state index >= 15 is 0 Å². The number of nitrogens with zero attached hydrogens (tertiary/aromatic N) is 3. The number of rotatable bonds is 10. The summed E-state index contributed by atoms with van der Waals surface area (Å²) in [5, 5.41) is 10.0. The quantitative estimate of drug-likeness (QED) is 0.184. The zero-order valence-electron chi connectivity index (χ0n) is 26.1. The molecular weight excluding hydrogens is 627 g/mol. The highest BCUT2D eigenvalue weighted by Gasteiger charge is 2.44. The van der Waals surface area contributed by atoms with Gasteiger partial charge in [0.25, 0.3) is 11.8 Å². The van der Waals surface area contributed by atoms with Crippen LogP contribution < -0.4 is 15.5 Å². The van der Waals surface area contributed by atoms with E-state index in [1.807, 2.05) is 30.3 Å². The molecule has 1 aliphatic heterocycles. The number of carbonyl (C=O) groups is 4. The molecule has 0 unspecified atom stereocenters. The van der Waals surface area contributed by atoms with E-state index in [0.717, 1.165) is 18.2 Å². The fourth-order valence-corrected chi connectivity index (χ4v) is 5.65. The summed E-state index contributed by atoms with van der Waals surface area (Å²) in [6.07, 6.45) is -3.32. The lowest BCUT2D eigenvalue weighted by Crippen LogP contribution is -2.55. The Bertz CT molecular complexity index is 1870. The van der Waals surface area contributed by atoms with Crippen LogP contribution in [-0.4, -0.2) is 53.2 Å². The summed E-state index contributed by atoms with van der Waals surface area (Å²) >= 11 is 0. The van der Waals surface area contributed by atoms with Gasteiger partial charge in [-0.05, 0) is 48.4 Å². The van der Waals surface area contributed by atoms with Crippen LogP contribution in [0.25, 0.3) is 5.69 Å². The van der Waals surface area contributed by atoms with Crippen molar-refractivity contribution in [3.8, 4) is 5.69 Å². The Labute approximate surface area is 274 Å². The zero-order valence-corrected chi connectivity index (χ0v) is 26.1. The molecule has 5 rings (SSSR count). The molecule has 0 fully saturated rings. The maximum Gasteiger partial charge on any atom is 0.416 e. The fraction of sp³-hybridized carbons (Fsp3) is 0.229. The van der Waals surface area contributed by atoms with Crippen molar-refractivity contribution < 1.29 is 37.1 Å². The lowest BCUT2D eigenvalue weighted by atomic mass is 9.81. The lowest BCUT2D eigenvalue weighted by Gasteiger charge is -2.38. The van der Waals surface area contributed by atoms with Gasteiger partial charge in [0, 0.05) is 35.7 Å². The molecule has 0 bridgehead atoms. The Morgan fingerprint density at radius 3 is 2.42 bits per heavy atom. The molecule has 2 atom stereocenters. The summed E-state index contributed by atoms with van der Waals surface area (Å²) < 4.78 is 46.6. The van der Waals surface area contributed by atoms with Crippen molar-refractivity contribution in [1.82, 2.24) is 20.4 Å². The number of ether oxygens (including phenoxy) is 1. The molecule has 1 aliphatic rings. The van der Waals surface area contributed by atoms with Gasteiger partial charge in [-0.1, -0.05) is 55.1 Å². The molecule has 4 aromatic rings. The number of likely N-dealkylation sites (N-methyl/N-ethyl adjacent to an activating group) is 1. The fourth-order valence-electron chi connectivity index (χ4n) is 5.65. The highest BCUT2D eigenvalue weighted by molar-refractivity contribution is 6.05. The number of halogens is 3. The van der Waals surface area contributed by atoms with Crippen molar-refractivity contribution in [2.24, 2.45) is 0 Å². The Morgan fingerprint density at radius 2 is 1.73 bits per heavy atom. The number of alkyl halides is 3. The number of fused-ring (bicyclic) bond motifs is 1. The van der Waals surface area contributed by atoms with E-state index in [1.165, 1.54) is 18.1 Å². The minimum absolute atomic E-state index is 0.00717. The number of aromatic nitrogens is 2. The Kier molecular flexibility index (Phi) is 9.78. The highest BCUT2D eigenvalue weighted by atomic mass is 19.4. The monoisotopic (exact) mass is 659 g/mol. The van der Waals surface area contributed by atoms with Gasteiger partial charge < -0.3 is 15.4 Å². The number of methoxy groups -OCH3 is 1. The topological polar surface area (TPSA) is 123 Å². The number of esters is 1. The van der Waals surface area contributed by atoms with Crippen LogP contribution in [0.2, 0.25) is 0 Å². The van der Waals surface area contributed by atoms with Crippen molar-refractivity contribution in [2.45, 2.75) is 38.0 Å². The highest BCUT2D eigenvalue weighted by Crippen LogP contribution is 2.41. The van der Waals surface area contributed by atoms with Gasteiger partial charge in [0.1, 0.15) is 11.9 Å². The first-order valence-electron chi connectivity index (χ1n) is 15.0. The number of hydrogen-bond acceptors (Lipinski definition) is 6. The number of para-hydroxylation sites is 1. The summed E-state index contributed by atoms with van der Waals surface area (Å²) in [4.78, 5) is 53.4. The predicted octanol–water partition coefficient (Wildman–Crippen LogP) is 4.92.